The van der Waals surface area contributed by atoms with Crippen LogP contribution >= 0.6 is 0 Å². The molecule has 1 aromatic carbocycles. The quantitative estimate of drug-likeness (QED) is 0.818. The van der Waals surface area contributed by atoms with Crippen molar-refractivity contribution in [3.05, 3.63) is 23.8 Å². The van der Waals surface area contributed by atoms with Gasteiger partial charge < -0.3 is 14.6 Å². The zero-order valence-electron chi connectivity index (χ0n) is 15.2. The fraction of sp³-hybridized carbons (Fsp3) is 0.526. The molecule has 6 heteroatoms. The molecule has 1 fully saturated rings. The van der Waals surface area contributed by atoms with Gasteiger partial charge in [0.05, 0.1) is 31.7 Å². The summed E-state index contributed by atoms with van der Waals surface area (Å²) in [7, 11) is 2.98. The van der Waals surface area contributed by atoms with Crippen LogP contribution in [-0.2, 0) is 14.4 Å². The summed E-state index contributed by atoms with van der Waals surface area (Å²) in [6.45, 7) is 4.17. The molecule has 0 bridgehead atoms. The van der Waals surface area contributed by atoms with E-state index in [4.69, 9.17) is 9.47 Å². The molecule has 0 spiro atoms. The molecule has 0 amide bonds. The molecule has 0 aliphatic heterocycles. The van der Waals surface area contributed by atoms with Crippen LogP contribution in [0.2, 0.25) is 0 Å². The van der Waals surface area contributed by atoms with Gasteiger partial charge in [-0.2, -0.15) is 0 Å². The number of aliphatic hydroxyl groups is 1. The second-order valence-electron chi connectivity index (χ2n) is 6.81. The lowest BCUT2D eigenvalue weighted by Gasteiger charge is -2.44. The maximum Gasteiger partial charge on any atom is 0.146 e. The van der Waals surface area contributed by atoms with E-state index in [1.807, 2.05) is 0 Å². The number of hydrogen-bond acceptors (Lipinski definition) is 6. The normalized spacial score (nSPS) is 29.2. The molecule has 0 saturated heterocycles. The fourth-order valence-electron chi connectivity index (χ4n) is 3.98. The average Bonchev–Trinajstić information content (AvgIpc) is 2.51. The van der Waals surface area contributed by atoms with E-state index in [1.54, 1.807) is 18.2 Å². The van der Waals surface area contributed by atoms with Crippen molar-refractivity contribution < 1.29 is 29.0 Å². The van der Waals surface area contributed by atoms with Crippen molar-refractivity contribution in [2.75, 3.05) is 14.2 Å². The largest absolute Gasteiger partial charge is 0.497 e. The van der Waals surface area contributed by atoms with Gasteiger partial charge in [-0.05, 0) is 32.4 Å². The molecule has 0 radical (unpaired) electrons. The molecule has 1 N–H and O–H groups in total. The van der Waals surface area contributed by atoms with Gasteiger partial charge in [-0.1, -0.05) is 6.07 Å². The van der Waals surface area contributed by atoms with E-state index < -0.39 is 23.4 Å². The third-order valence-electron chi connectivity index (χ3n) is 4.94. The van der Waals surface area contributed by atoms with E-state index in [1.165, 1.54) is 35.0 Å². The fourth-order valence-corrected chi connectivity index (χ4v) is 3.98. The first-order valence-electron chi connectivity index (χ1n) is 8.12. The highest BCUT2D eigenvalue weighted by Crippen LogP contribution is 2.49. The van der Waals surface area contributed by atoms with Crippen LogP contribution in [0.4, 0.5) is 0 Å². The minimum Gasteiger partial charge on any atom is -0.497 e. The lowest BCUT2D eigenvalue weighted by molar-refractivity contribution is -0.151. The Morgan fingerprint density at radius 2 is 1.80 bits per heavy atom. The van der Waals surface area contributed by atoms with E-state index in [9.17, 15) is 19.5 Å². The summed E-state index contributed by atoms with van der Waals surface area (Å²) in [4.78, 5) is 37.1. The number of carbonyl (C=O) groups excluding carboxylic acids is 3. The SMILES string of the molecule is COc1ccc(C2C(C(C)=O)C(=O)CC(C)(O)C2C(C)=O)c(OC)c1. The van der Waals surface area contributed by atoms with Crippen molar-refractivity contribution in [3.8, 4) is 11.5 Å². The van der Waals surface area contributed by atoms with Crippen molar-refractivity contribution in [3.63, 3.8) is 0 Å². The van der Waals surface area contributed by atoms with Gasteiger partial charge in [0.1, 0.15) is 28.8 Å². The smallest absolute Gasteiger partial charge is 0.146 e. The molecule has 1 aromatic rings. The molecular formula is C19H24O6. The van der Waals surface area contributed by atoms with E-state index in [0.29, 0.717) is 17.1 Å². The molecule has 136 valence electrons. The van der Waals surface area contributed by atoms with E-state index >= 15 is 0 Å². The Hall–Kier alpha value is -2.21. The molecule has 1 saturated carbocycles. The molecule has 4 unspecified atom stereocenters. The topological polar surface area (TPSA) is 89.9 Å². The molecule has 0 heterocycles. The van der Waals surface area contributed by atoms with Crippen molar-refractivity contribution in [2.45, 2.75) is 38.7 Å². The van der Waals surface area contributed by atoms with Gasteiger partial charge in [0.15, 0.2) is 0 Å². The highest BCUT2D eigenvalue weighted by atomic mass is 16.5. The van der Waals surface area contributed by atoms with Crippen LogP contribution in [0.15, 0.2) is 18.2 Å². The number of carbonyl (C=O) groups is 3. The highest BCUT2D eigenvalue weighted by Gasteiger charge is 2.54. The van der Waals surface area contributed by atoms with Crippen molar-refractivity contribution >= 4 is 17.3 Å². The number of rotatable bonds is 5. The Balaban J connectivity index is 2.71. The Kier molecular flexibility index (Phi) is 5.32. The predicted molar refractivity (Wildman–Crippen MR) is 90.9 cm³/mol. The number of Topliss-reactive ketones (excluding diaryl/α,β-unsaturated/α-hetero) is 3. The van der Waals surface area contributed by atoms with Crippen molar-refractivity contribution in [2.24, 2.45) is 11.8 Å². The molecule has 6 nitrogen and oxygen atoms in total. The Morgan fingerprint density at radius 3 is 2.28 bits per heavy atom. The lowest BCUT2D eigenvalue weighted by atomic mass is 9.59. The average molecular weight is 348 g/mol. The van der Waals surface area contributed by atoms with Gasteiger partial charge in [-0.15, -0.1) is 0 Å². The third-order valence-corrected chi connectivity index (χ3v) is 4.94. The van der Waals surface area contributed by atoms with Crippen LogP contribution in [0.25, 0.3) is 0 Å². The van der Waals surface area contributed by atoms with Gasteiger partial charge in [-0.25, -0.2) is 0 Å². The van der Waals surface area contributed by atoms with Crippen LogP contribution in [0, 0.1) is 11.8 Å². The summed E-state index contributed by atoms with van der Waals surface area (Å²) in [6, 6.07) is 5.00. The summed E-state index contributed by atoms with van der Waals surface area (Å²) >= 11 is 0. The van der Waals surface area contributed by atoms with Gasteiger partial charge in [0.2, 0.25) is 0 Å². The van der Waals surface area contributed by atoms with Crippen LogP contribution in [0.1, 0.15) is 38.7 Å². The van der Waals surface area contributed by atoms with Crippen molar-refractivity contribution in [1.82, 2.24) is 0 Å². The van der Waals surface area contributed by atoms with E-state index in [0.717, 1.165) is 0 Å². The Bertz CT molecular complexity index is 706. The Labute approximate surface area is 147 Å². The first-order chi connectivity index (χ1) is 11.6. The third kappa shape index (κ3) is 3.44. The number of ether oxygens (including phenoxy) is 2. The number of hydrogen-bond donors (Lipinski definition) is 1. The molecule has 2 rings (SSSR count). The molecule has 4 atom stereocenters. The summed E-state index contributed by atoms with van der Waals surface area (Å²) < 4.78 is 10.6. The second kappa shape index (κ2) is 6.96. The standard InChI is InChI=1S/C19H24O6/c1-10(20)16-14(22)9-19(3,23)18(11(2)21)17(16)13-7-6-12(24-4)8-15(13)25-5/h6-8,16-18,23H,9H2,1-5H3. The number of ketones is 3. The predicted octanol–water partition coefficient (Wildman–Crippen LogP) is 1.92. The summed E-state index contributed by atoms with van der Waals surface area (Å²) in [5.41, 5.74) is -0.984. The molecule has 0 aromatic heterocycles. The monoisotopic (exact) mass is 348 g/mol. The maximum atomic E-state index is 12.6. The van der Waals surface area contributed by atoms with Crippen LogP contribution in [0.5, 0.6) is 11.5 Å². The lowest BCUT2D eigenvalue weighted by Crippen LogP contribution is -2.54. The van der Waals surface area contributed by atoms with Crippen LogP contribution < -0.4 is 9.47 Å². The van der Waals surface area contributed by atoms with Gasteiger partial charge in [0, 0.05) is 18.4 Å². The number of methoxy groups -OCH3 is 2. The minimum atomic E-state index is -1.52. The highest BCUT2D eigenvalue weighted by molar-refractivity contribution is 6.05. The summed E-state index contributed by atoms with van der Waals surface area (Å²) in [6.07, 6.45) is -0.226. The van der Waals surface area contributed by atoms with Gasteiger partial charge >= 0.3 is 0 Å². The summed E-state index contributed by atoms with van der Waals surface area (Å²) in [5, 5.41) is 10.8. The molecule has 1 aliphatic carbocycles. The second-order valence-corrected chi connectivity index (χ2v) is 6.81. The van der Waals surface area contributed by atoms with Crippen molar-refractivity contribution in [1.29, 1.82) is 0 Å². The van der Waals surface area contributed by atoms with Gasteiger partial charge in [0.25, 0.3) is 0 Å². The molecule has 1 aliphatic rings. The van der Waals surface area contributed by atoms with Crippen LogP contribution in [0.3, 0.4) is 0 Å². The zero-order chi connectivity index (χ0) is 18.9. The summed E-state index contributed by atoms with van der Waals surface area (Å²) in [5.74, 6) is -2.66. The first-order valence-corrected chi connectivity index (χ1v) is 8.12. The molecular weight excluding hydrogens is 324 g/mol. The molecule has 25 heavy (non-hydrogen) atoms. The van der Waals surface area contributed by atoms with Gasteiger partial charge in [-0.3, -0.25) is 14.4 Å². The Morgan fingerprint density at radius 1 is 1.16 bits per heavy atom. The number of benzene rings is 1. The van der Waals surface area contributed by atoms with E-state index in [-0.39, 0.29) is 23.8 Å². The zero-order valence-corrected chi connectivity index (χ0v) is 15.2. The van der Waals surface area contributed by atoms with Crippen LogP contribution in [-0.4, -0.2) is 42.3 Å². The first kappa shape index (κ1) is 19.1. The minimum absolute atomic E-state index is 0.226. The van der Waals surface area contributed by atoms with E-state index in [2.05, 4.69) is 0 Å². The maximum absolute atomic E-state index is 12.6.